The summed E-state index contributed by atoms with van der Waals surface area (Å²) in [6.07, 6.45) is 0. The largest absolute Gasteiger partial charge is 0.427 e. The van der Waals surface area contributed by atoms with Crippen LogP contribution in [0.25, 0.3) is 0 Å². The zero-order chi connectivity index (χ0) is 42.6. The molecule has 8 rings (SSSR count). The lowest BCUT2D eigenvalue weighted by atomic mass is 9.70. The predicted molar refractivity (Wildman–Crippen MR) is 221 cm³/mol. The van der Waals surface area contributed by atoms with Crippen molar-refractivity contribution >= 4 is 47.1 Å². The third-order valence-electron chi connectivity index (χ3n) is 10.0. The summed E-state index contributed by atoms with van der Waals surface area (Å²) in [4.78, 5) is 71.8. The van der Waals surface area contributed by atoms with Gasteiger partial charge in [0.15, 0.2) is 0 Å². The molecule has 0 radical (unpaired) electrons. The number of rotatable bonds is 8. The number of carbonyl (C=O) groups excluding carboxylic acids is 6. The first-order valence-corrected chi connectivity index (χ1v) is 18.8. The fraction of sp³-hybridized carbons (Fsp3) is 0.125. The topological polar surface area (TPSA) is 163 Å². The second-order valence-corrected chi connectivity index (χ2v) is 14.0. The van der Waals surface area contributed by atoms with E-state index >= 15 is 0 Å². The number of nitrogens with one attached hydrogen (secondary N) is 2. The lowest BCUT2D eigenvalue weighted by Gasteiger charge is -2.29. The third kappa shape index (κ3) is 7.61. The molecule has 2 N–H and O–H groups in total. The van der Waals surface area contributed by atoms with E-state index in [1.54, 1.807) is 97.1 Å². The van der Waals surface area contributed by atoms with Crippen molar-refractivity contribution in [2.45, 2.75) is 38.5 Å². The summed E-state index contributed by atoms with van der Waals surface area (Å²) in [6.45, 7) is 5.34. The second kappa shape index (κ2) is 16.5. The molecule has 0 aliphatic carbocycles. The van der Waals surface area contributed by atoms with E-state index in [0.29, 0.717) is 23.0 Å². The molecular weight excluding hydrogens is 765 g/mol. The van der Waals surface area contributed by atoms with Gasteiger partial charge in [-0.15, -0.1) is 0 Å². The van der Waals surface area contributed by atoms with E-state index in [-0.39, 0.29) is 11.8 Å². The molecule has 0 atom stereocenters. The summed E-state index contributed by atoms with van der Waals surface area (Å²) in [5, 5.41) is 5.94. The van der Waals surface area contributed by atoms with E-state index < -0.39 is 34.7 Å². The molecule has 0 unspecified atom stereocenters. The fourth-order valence-electron chi connectivity index (χ4n) is 7.75. The van der Waals surface area contributed by atoms with Gasteiger partial charge >= 0.3 is 23.9 Å². The first kappa shape index (κ1) is 40.3. The number of hydrogen-bond acceptors (Lipinski definition) is 10. The van der Waals surface area contributed by atoms with Gasteiger partial charge in [-0.2, -0.15) is 0 Å². The Hall–Kier alpha value is -7.86. The molecule has 0 aromatic heterocycles. The number of hydrogen-bond donors (Lipinski definition) is 2. The predicted octanol–water partition coefficient (Wildman–Crippen LogP) is 7.65. The van der Waals surface area contributed by atoms with Crippen LogP contribution in [0.2, 0.25) is 0 Å². The van der Waals surface area contributed by atoms with Gasteiger partial charge in [-0.25, -0.2) is 0 Å². The molecular formula is C48H38N2O10. The number of amides is 2. The van der Waals surface area contributed by atoms with Gasteiger partial charge in [0, 0.05) is 50.2 Å². The molecule has 2 heterocycles. The normalized spacial score (nSPS) is 13.9. The zero-order valence-electron chi connectivity index (χ0n) is 32.9. The second-order valence-electron chi connectivity index (χ2n) is 14.0. The van der Waals surface area contributed by atoms with Gasteiger partial charge in [0.25, 0.3) is 0 Å². The van der Waals surface area contributed by atoms with Crippen LogP contribution in [-0.2, 0) is 39.6 Å². The number of ether oxygens (including phenoxy) is 4. The number of benzene rings is 6. The van der Waals surface area contributed by atoms with Crippen molar-refractivity contribution in [2.24, 2.45) is 0 Å². The summed E-state index contributed by atoms with van der Waals surface area (Å²) in [5.74, 6) is -0.434. The van der Waals surface area contributed by atoms with Crippen LogP contribution in [0.15, 0.2) is 146 Å². The van der Waals surface area contributed by atoms with Crippen LogP contribution in [0.3, 0.4) is 0 Å². The monoisotopic (exact) mass is 802 g/mol. The Morgan fingerprint density at radius 1 is 0.367 bits per heavy atom. The Balaban J connectivity index is 0.000000181. The summed E-state index contributed by atoms with van der Waals surface area (Å²) < 4.78 is 20.5. The maximum absolute atomic E-state index is 13.4. The molecule has 0 saturated carbocycles. The number of fused-ring (bicyclic) bond motifs is 2. The average Bonchev–Trinajstić information content (AvgIpc) is 3.69. The van der Waals surface area contributed by atoms with E-state index in [4.69, 9.17) is 18.9 Å². The SMILES string of the molecule is CC(=O)Oc1ccc(C2(c3ccc(OC(C)=O)cc3)C(=O)Nc3ccccc32)cc1.CC(=O)Oc1ccc(C2(c3ccc(OC(C)=O)cc3)C(=O)Nc3ccccc32)cc1. The molecule has 0 saturated heterocycles. The van der Waals surface area contributed by atoms with Gasteiger partial charge in [0.2, 0.25) is 11.8 Å². The Bertz CT molecular complexity index is 2330. The first-order chi connectivity index (χ1) is 28.8. The van der Waals surface area contributed by atoms with Crippen LogP contribution in [-0.4, -0.2) is 35.7 Å². The number of esters is 4. The van der Waals surface area contributed by atoms with Crippen molar-refractivity contribution in [3.63, 3.8) is 0 Å². The summed E-state index contributed by atoms with van der Waals surface area (Å²) >= 11 is 0. The molecule has 2 amide bonds. The highest BCUT2D eigenvalue weighted by Crippen LogP contribution is 2.49. The smallest absolute Gasteiger partial charge is 0.308 e. The summed E-state index contributed by atoms with van der Waals surface area (Å²) in [7, 11) is 0. The van der Waals surface area contributed by atoms with E-state index in [0.717, 1.165) is 44.8 Å². The average molecular weight is 803 g/mol. The van der Waals surface area contributed by atoms with Crippen molar-refractivity contribution in [2.75, 3.05) is 10.6 Å². The van der Waals surface area contributed by atoms with Crippen molar-refractivity contribution in [3.8, 4) is 23.0 Å². The Morgan fingerprint density at radius 3 is 0.833 bits per heavy atom. The van der Waals surface area contributed by atoms with E-state index in [1.165, 1.54) is 27.7 Å². The molecule has 0 spiro atoms. The maximum atomic E-state index is 13.4. The lowest BCUT2D eigenvalue weighted by molar-refractivity contribution is -0.132. The van der Waals surface area contributed by atoms with Gasteiger partial charge in [-0.1, -0.05) is 84.9 Å². The maximum Gasteiger partial charge on any atom is 0.308 e. The van der Waals surface area contributed by atoms with Crippen LogP contribution in [0, 0.1) is 0 Å². The molecule has 300 valence electrons. The quantitative estimate of drug-likeness (QED) is 0.115. The van der Waals surface area contributed by atoms with Crippen LogP contribution >= 0.6 is 0 Å². The van der Waals surface area contributed by atoms with Gasteiger partial charge in [0.1, 0.15) is 33.8 Å². The van der Waals surface area contributed by atoms with E-state index in [9.17, 15) is 28.8 Å². The van der Waals surface area contributed by atoms with Gasteiger partial charge < -0.3 is 29.6 Å². The molecule has 12 heteroatoms. The molecule has 12 nitrogen and oxygen atoms in total. The Kier molecular flexibility index (Phi) is 11.1. The molecule has 6 aromatic carbocycles. The Labute approximate surface area is 345 Å². The zero-order valence-corrected chi connectivity index (χ0v) is 32.9. The highest BCUT2D eigenvalue weighted by atomic mass is 16.5. The first-order valence-electron chi connectivity index (χ1n) is 18.8. The summed E-state index contributed by atoms with van der Waals surface area (Å²) in [5.41, 5.74) is 3.79. The van der Waals surface area contributed by atoms with Gasteiger partial charge in [0.05, 0.1) is 0 Å². The standard InChI is InChI=1S/2C24H19NO5/c2*1-15(26)29-19-11-7-17(8-12-19)24(18-9-13-20(14-10-18)30-16(2)27)21-5-3-4-6-22(21)25-23(24)28/h2*3-14H,1-2H3,(H,25,28). The minimum atomic E-state index is -1.10. The molecule has 2 aliphatic rings. The van der Waals surface area contributed by atoms with Crippen LogP contribution < -0.4 is 29.6 Å². The van der Waals surface area contributed by atoms with Crippen LogP contribution in [0.1, 0.15) is 61.1 Å². The Morgan fingerprint density at radius 2 is 0.600 bits per heavy atom. The number of para-hydroxylation sites is 2. The van der Waals surface area contributed by atoms with Crippen molar-refractivity contribution in [3.05, 3.63) is 179 Å². The minimum Gasteiger partial charge on any atom is -0.427 e. The highest BCUT2D eigenvalue weighted by molar-refractivity contribution is 6.12. The third-order valence-corrected chi connectivity index (χ3v) is 10.0. The lowest BCUT2D eigenvalue weighted by Crippen LogP contribution is -2.37. The molecule has 60 heavy (non-hydrogen) atoms. The molecule has 6 aromatic rings. The number of anilines is 2. The summed E-state index contributed by atoms with van der Waals surface area (Å²) in [6, 6.07) is 42.6. The highest BCUT2D eigenvalue weighted by Gasteiger charge is 2.51. The van der Waals surface area contributed by atoms with E-state index in [2.05, 4.69) is 10.6 Å². The number of carbonyl (C=O) groups is 6. The molecule has 2 aliphatic heterocycles. The fourth-order valence-corrected chi connectivity index (χ4v) is 7.75. The minimum absolute atomic E-state index is 0.191. The van der Waals surface area contributed by atoms with Crippen LogP contribution in [0.5, 0.6) is 23.0 Å². The molecule has 0 bridgehead atoms. The van der Waals surface area contributed by atoms with E-state index in [1.807, 2.05) is 48.5 Å². The van der Waals surface area contributed by atoms with Crippen molar-refractivity contribution in [1.29, 1.82) is 0 Å². The molecule has 0 fully saturated rings. The van der Waals surface area contributed by atoms with Gasteiger partial charge in [-0.3, -0.25) is 28.8 Å². The van der Waals surface area contributed by atoms with Crippen LogP contribution in [0.4, 0.5) is 11.4 Å². The van der Waals surface area contributed by atoms with Crippen molar-refractivity contribution < 1.29 is 47.7 Å². The van der Waals surface area contributed by atoms with Gasteiger partial charge in [-0.05, 0) is 82.9 Å². The van der Waals surface area contributed by atoms with Crippen molar-refractivity contribution in [1.82, 2.24) is 0 Å².